The molecule has 5 rings (SSSR count). The fourth-order valence-corrected chi connectivity index (χ4v) is 5.81. The molecule has 164 valence electrons. The number of aryl methyl sites for hydroxylation is 2. The van der Waals surface area contributed by atoms with Gasteiger partial charge in [-0.25, -0.2) is 4.39 Å². The molecule has 4 heteroatoms. The summed E-state index contributed by atoms with van der Waals surface area (Å²) >= 11 is 0. The molecule has 2 N–H and O–H groups in total. The third-order valence-corrected chi connectivity index (χ3v) is 7.50. The fourth-order valence-electron chi connectivity index (χ4n) is 5.81. The van der Waals surface area contributed by atoms with Crippen LogP contribution in [0, 0.1) is 12.7 Å². The number of fused-ring (bicyclic) bond motifs is 3. The number of rotatable bonds is 4. The molecule has 1 fully saturated rings. The average Bonchev–Trinajstić information content (AvgIpc) is 3.12. The molecule has 2 aliphatic carbocycles. The number of nitrogens with one attached hydrogen (secondary N) is 2. The van der Waals surface area contributed by atoms with Gasteiger partial charge < -0.3 is 15.2 Å². The number of aromatic amines is 1. The molecule has 0 aliphatic heterocycles. The molecule has 0 saturated heterocycles. The summed E-state index contributed by atoms with van der Waals surface area (Å²) in [5.74, 6) is -0.128. The molecule has 2 aliphatic rings. The van der Waals surface area contributed by atoms with Crippen LogP contribution < -0.4 is 5.32 Å². The molecule has 0 amide bonds. The molecule has 0 spiro atoms. The van der Waals surface area contributed by atoms with Gasteiger partial charge in [-0.1, -0.05) is 29.8 Å². The zero-order chi connectivity index (χ0) is 21.5. The van der Waals surface area contributed by atoms with Crippen LogP contribution in [0.15, 0.2) is 36.4 Å². The van der Waals surface area contributed by atoms with Gasteiger partial charge in [-0.2, -0.15) is 0 Å². The summed E-state index contributed by atoms with van der Waals surface area (Å²) in [7, 11) is 4.39. The first-order valence-corrected chi connectivity index (χ1v) is 11.8. The van der Waals surface area contributed by atoms with Gasteiger partial charge in [0.05, 0.1) is 0 Å². The van der Waals surface area contributed by atoms with Crippen LogP contribution in [0.5, 0.6) is 0 Å². The van der Waals surface area contributed by atoms with E-state index in [1.54, 1.807) is 6.07 Å². The van der Waals surface area contributed by atoms with Crippen molar-refractivity contribution in [3.05, 3.63) is 59.0 Å². The van der Waals surface area contributed by atoms with E-state index in [1.165, 1.54) is 36.9 Å². The number of benzene rings is 2. The Labute approximate surface area is 185 Å². The van der Waals surface area contributed by atoms with Crippen LogP contribution >= 0.6 is 0 Å². The van der Waals surface area contributed by atoms with Crippen LogP contribution in [0.3, 0.4) is 0 Å². The summed E-state index contributed by atoms with van der Waals surface area (Å²) in [4.78, 5) is 5.98. The molecule has 2 aromatic carbocycles. The average molecular weight is 420 g/mol. The largest absolute Gasteiger partial charge is 0.358 e. The molecule has 0 bridgehead atoms. The third-order valence-electron chi connectivity index (χ3n) is 7.50. The van der Waals surface area contributed by atoms with E-state index in [9.17, 15) is 0 Å². The van der Waals surface area contributed by atoms with Gasteiger partial charge in [-0.15, -0.1) is 0 Å². The van der Waals surface area contributed by atoms with Gasteiger partial charge >= 0.3 is 0 Å². The van der Waals surface area contributed by atoms with E-state index in [0.717, 1.165) is 52.9 Å². The Hall–Kier alpha value is -2.17. The fraction of sp³-hybridized carbons (Fsp3) is 0.481. The lowest BCUT2D eigenvalue weighted by atomic mass is 9.86. The van der Waals surface area contributed by atoms with Crippen molar-refractivity contribution in [1.29, 1.82) is 0 Å². The summed E-state index contributed by atoms with van der Waals surface area (Å²) in [5.41, 5.74) is 6.56. The van der Waals surface area contributed by atoms with Crippen LogP contribution in [0.4, 0.5) is 4.39 Å². The number of hydrogen-bond acceptors (Lipinski definition) is 2. The molecular formula is C27H34FN3. The van der Waals surface area contributed by atoms with E-state index >= 15 is 4.39 Å². The van der Waals surface area contributed by atoms with Crippen molar-refractivity contribution in [2.75, 3.05) is 14.1 Å². The van der Waals surface area contributed by atoms with Crippen molar-refractivity contribution in [1.82, 2.24) is 15.2 Å². The Balaban J connectivity index is 1.42. The van der Waals surface area contributed by atoms with Crippen LogP contribution in [-0.4, -0.2) is 42.1 Å². The monoisotopic (exact) mass is 419 g/mol. The summed E-state index contributed by atoms with van der Waals surface area (Å²) in [6, 6.07) is 13.6. The second kappa shape index (κ2) is 8.40. The number of nitrogens with zero attached hydrogens (tertiary/aromatic N) is 1. The maximum atomic E-state index is 15.1. The van der Waals surface area contributed by atoms with Crippen molar-refractivity contribution in [3.63, 3.8) is 0 Å². The number of aromatic nitrogens is 1. The molecule has 1 aromatic heterocycles. The topological polar surface area (TPSA) is 31.1 Å². The number of halogens is 1. The summed E-state index contributed by atoms with van der Waals surface area (Å²) < 4.78 is 15.1. The van der Waals surface area contributed by atoms with E-state index in [2.05, 4.69) is 48.4 Å². The minimum atomic E-state index is -0.128. The first-order valence-electron chi connectivity index (χ1n) is 11.8. The number of H-pyrrole nitrogens is 1. The first-order chi connectivity index (χ1) is 15.0. The highest BCUT2D eigenvalue weighted by Crippen LogP contribution is 2.38. The predicted molar refractivity (Wildman–Crippen MR) is 127 cm³/mol. The van der Waals surface area contributed by atoms with Crippen LogP contribution in [0.1, 0.15) is 48.9 Å². The Morgan fingerprint density at radius 2 is 1.81 bits per heavy atom. The van der Waals surface area contributed by atoms with E-state index in [-0.39, 0.29) is 5.82 Å². The molecule has 0 radical (unpaired) electrons. The van der Waals surface area contributed by atoms with Crippen molar-refractivity contribution in [3.8, 4) is 11.1 Å². The van der Waals surface area contributed by atoms with Crippen LogP contribution in [0.2, 0.25) is 0 Å². The third kappa shape index (κ3) is 4.04. The lowest BCUT2D eigenvalue weighted by Crippen LogP contribution is -2.45. The highest BCUT2D eigenvalue weighted by atomic mass is 19.1. The molecule has 1 heterocycles. The number of hydrogen-bond donors (Lipinski definition) is 2. The Kier molecular flexibility index (Phi) is 5.61. The van der Waals surface area contributed by atoms with E-state index in [1.807, 2.05) is 18.2 Å². The van der Waals surface area contributed by atoms with E-state index in [0.29, 0.717) is 12.1 Å². The zero-order valence-electron chi connectivity index (χ0n) is 19.0. The Morgan fingerprint density at radius 1 is 1.00 bits per heavy atom. The Bertz CT molecular complexity index is 1080. The van der Waals surface area contributed by atoms with Gasteiger partial charge in [0, 0.05) is 40.3 Å². The Morgan fingerprint density at radius 3 is 2.55 bits per heavy atom. The maximum absolute atomic E-state index is 15.1. The van der Waals surface area contributed by atoms with Crippen LogP contribution in [0.25, 0.3) is 22.0 Å². The van der Waals surface area contributed by atoms with Gasteiger partial charge in [0.25, 0.3) is 0 Å². The molecule has 31 heavy (non-hydrogen) atoms. The van der Waals surface area contributed by atoms with Crippen molar-refractivity contribution >= 4 is 10.9 Å². The van der Waals surface area contributed by atoms with E-state index in [4.69, 9.17) is 0 Å². The quantitative estimate of drug-likeness (QED) is 0.577. The molecule has 3 aromatic rings. The van der Waals surface area contributed by atoms with Gasteiger partial charge in [0.2, 0.25) is 0 Å². The highest BCUT2D eigenvalue weighted by Gasteiger charge is 2.29. The highest BCUT2D eigenvalue weighted by molar-refractivity contribution is 5.99. The van der Waals surface area contributed by atoms with Crippen molar-refractivity contribution in [2.24, 2.45) is 0 Å². The van der Waals surface area contributed by atoms with Gasteiger partial charge in [0.1, 0.15) is 5.82 Å². The molecule has 3 nitrogen and oxygen atoms in total. The summed E-state index contributed by atoms with van der Waals surface area (Å²) in [6.45, 7) is 2.07. The summed E-state index contributed by atoms with van der Waals surface area (Å²) in [6.07, 6.45) is 8.22. The second-order valence-electron chi connectivity index (χ2n) is 9.87. The molecular weight excluding hydrogens is 385 g/mol. The molecule has 1 saturated carbocycles. The van der Waals surface area contributed by atoms with Gasteiger partial charge in [-0.05, 0) is 89.2 Å². The van der Waals surface area contributed by atoms with Gasteiger partial charge in [0.15, 0.2) is 0 Å². The second-order valence-corrected chi connectivity index (χ2v) is 9.87. The minimum absolute atomic E-state index is 0.128. The maximum Gasteiger partial charge on any atom is 0.131 e. The smallest absolute Gasteiger partial charge is 0.131 e. The normalized spacial score (nSPS) is 24.0. The zero-order valence-corrected chi connectivity index (χ0v) is 19.0. The minimum Gasteiger partial charge on any atom is -0.358 e. The first kappa shape index (κ1) is 20.7. The SMILES string of the molecule is Cc1cccc(-c2c(F)ccc3[nH]c4c(c23)CC(NC2CCC(N(C)C)CC2)CC4)c1. The van der Waals surface area contributed by atoms with Crippen molar-refractivity contribution < 1.29 is 4.39 Å². The van der Waals surface area contributed by atoms with Crippen LogP contribution in [-0.2, 0) is 12.8 Å². The lowest BCUT2D eigenvalue weighted by molar-refractivity contribution is 0.196. The molecule has 1 atom stereocenters. The van der Waals surface area contributed by atoms with Crippen molar-refractivity contribution in [2.45, 2.75) is 70.0 Å². The standard InChI is InChI=1S/C27H34FN3/c1-17-5-4-6-18(15-17)26-23(28)12-14-25-27(26)22-16-20(9-13-24(22)30-25)29-19-7-10-21(11-8-19)31(2)3/h4-6,12,14-15,19-21,29-30H,7-11,13,16H2,1-3H3. The summed E-state index contributed by atoms with van der Waals surface area (Å²) in [5, 5.41) is 5.06. The van der Waals surface area contributed by atoms with E-state index < -0.39 is 0 Å². The lowest BCUT2D eigenvalue weighted by Gasteiger charge is -2.36. The predicted octanol–water partition coefficient (Wildman–Crippen LogP) is 5.60. The van der Waals surface area contributed by atoms with Gasteiger partial charge in [-0.3, -0.25) is 0 Å². The molecule has 1 unspecified atom stereocenters.